The fourth-order valence-electron chi connectivity index (χ4n) is 8.79. The summed E-state index contributed by atoms with van der Waals surface area (Å²) in [4.78, 5) is 74.1. The van der Waals surface area contributed by atoms with E-state index in [0.29, 0.717) is 36.9 Å². The van der Waals surface area contributed by atoms with Crippen LogP contribution in [0.3, 0.4) is 0 Å². The highest BCUT2D eigenvalue weighted by molar-refractivity contribution is 7.99. The minimum absolute atomic E-state index is 0.0817. The lowest BCUT2D eigenvalue weighted by Crippen LogP contribution is -2.52. The zero-order valence-corrected chi connectivity index (χ0v) is 34.2. The summed E-state index contributed by atoms with van der Waals surface area (Å²) in [7, 11) is 0. The molecule has 3 fully saturated rings. The van der Waals surface area contributed by atoms with Crippen LogP contribution in [0.25, 0.3) is 6.08 Å². The fourth-order valence-corrected chi connectivity index (χ4v) is 9.90. The molecular weight excluding hydrogens is 749 g/mol. The van der Waals surface area contributed by atoms with Crippen LogP contribution in [0, 0.1) is 5.92 Å². The molecular formula is C46H56N6O5S. The van der Waals surface area contributed by atoms with Gasteiger partial charge >= 0.3 is 0 Å². The van der Waals surface area contributed by atoms with Crippen LogP contribution in [-0.4, -0.2) is 100 Å². The Bertz CT molecular complexity index is 1940. The van der Waals surface area contributed by atoms with Gasteiger partial charge in [-0.2, -0.15) is 0 Å². The molecule has 0 spiro atoms. The molecule has 3 aromatic rings. The Morgan fingerprint density at radius 2 is 1.69 bits per heavy atom. The van der Waals surface area contributed by atoms with Gasteiger partial charge in [0.2, 0.25) is 17.7 Å². The molecule has 7 rings (SSSR count). The average Bonchev–Trinajstić information content (AvgIpc) is 3.59. The summed E-state index contributed by atoms with van der Waals surface area (Å²) >= 11 is 1.72. The number of nitrogens with zero attached hydrogens (tertiary/aromatic N) is 4. The van der Waals surface area contributed by atoms with E-state index >= 15 is 0 Å². The van der Waals surface area contributed by atoms with Crippen molar-refractivity contribution in [1.82, 2.24) is 30.3 Å². The van der Waals surface area contributed by atoms with Crippen LogP contribution < -0.4 is 10.6 Å². The van der Waals surface area contributed by atoms with Crippen LogP contribution in [0.1, 0.15) is 114 Å². The van der Waals surface area contributed by atoms with E-state index in [0.717, 1.165) is 118 Å². The van der Waals surface area contributed by atoms with Crippen molar-refractivity contribution < 1.29 is 24.0 Å². The smallest absolute Gasteiger partial charge is 0.256 e. The quantitative estimate of drug-likeness (QED) is 0.0732. The van der Waals surface area contributed by atoms with E-state index in [9.17, 15) is 24.0 Å². The Balaban J connectivity index is 0.750. The highest BCUT2D eigenvalue weighted by Crippen LogP contribution is 2.35. The van der Waals surface area contributed by atoms with Crippen LogP contribution >= 0.6 is 11.8 Å². The highest BCUT2D eigenvalue weighted by atomic mass is 32.2. The normalized spacial score (nSPS) is 19.4. The Labute approximate surface area is 346 Å². The molecule has 5 heterocycles. The van der Waals surface area contributed by atoms with Gasteiger partial charge in [0.25, 0.3) is 11.8 Å². The number of aromatic nitrogens is 1. The Morgan fingerprint density at radius 1 is 0.879 bits per heavy atom. The van der Waals surface area contributed by atoms with Crippen molar-refractivity contribution in [2.45, 2.75) is 94.0 Å². The SMILES string of the molecule is O=C(/C=C/c1cccnc1)NCCCCC1CCN(C(=O)c2ccc(C3CCN(CCCCSc4cccc5c4C(=O)N(C4CCC(=O)NC4=O)C5)CC3)cc2)CC1. The van der Waals surface area contributed by atoms with E-state index in [2.05, 4.69) is 32.7 Å². The molecule has 0 aliphatic carbocycles. The maximum absolute atomic E-state index is 13.4. The second-order valence-corrected chi connectivity index (χ2v) is 17.3. The second kappa shape index (κ2) is 20.2. The highest BCUT2D eigenvalue weighted by Gasteiger charge is 2.40. The van der Waals surface area contributed by atoms with Gasteiger partial charge in [-0.15, -0.1) is 11.8 Å². The third-order valence-corrected chi connectivity index (χ3v) is 13.4. The summed E-state index contributed by atoms with van der Waals surface area (Å²) < 4.78 is 0. The topological polar surface area (TPSA) is 132 Å². The number of hydrogen-bond donors (Lipinski definition) is 2. The van der Waals surface area contributed by atoms with Crippen molar-refractivity contribution in [2.75, 3.05) is 45.0 Å². The molecule has 58 heavy (non-hydrogen) atoms. The number of hydrogen-bond acceptors (Lipinski definition) is 8. The number of amides is 5. The first kappa shape index (κ1) is 41.4. The summed E-state index contributed by atoms with van der Waals surface area (Å²) in [5, 5.41) is 5.35. The van der Waals surface area contributed by atoms with Gasteiger partial charge < -0.3 is 20.0 Å². The van der Waals surface area contributed by atoms with E-state index in [4.69, 9.17) is 0 Å². The lowest BCUT2D eigenvalue weighted by molar-refractivity contribution is -0.137. The molecule has 306 valence electrons. The van der Waals surface area contributed by atoms with Crippen LogP contribution in [0.4, 0.5) is 0 Å². The van der Waals surface area contributed by atoms with Crippen LogP contribution in [0.5, 0.6) is 0 Å². The van der Waals surface area contributed by atoms with Gasteiger partial charge in [-0.25, -0.2) is 0 Å². The average molecular weight is 805 g/mol. The number of carbonyl (C=O) groups excluding carboxylic acids is 5. The van der Waals surface area contributed by atoms with Gasteiger partial charge in [-0.3, -0.25) is 34.3 Å². The number of benzene rings is 2. The van der Waals surface area contributed by atoms with Gasteiger partial charge in [0, 0.05) is 61.5 Å². The van der Waals surface area contributed by atoms with E-state index in [-0.39, 0.29) is 36.0 Å². The molecule has 4 aliphatic heterocycles. The largest absolute Gasteiger partial charge is 0.353 e. The predicted molar refractivity (Wildman–Crippen MR) is 226 cm³/mol. The number of thioether (sulfide) groups is 1. The fraction of sp³-hybridized carbons (Fsp3) is 0.478. The number of unbranched alkanes of at least 4 members (excludes halogenated alkanes) is 2. The summed E-state index contributed by atoms with van der Waals surface area (Å²) in [5.74, 6) is 1.37. The molecule has 0 radical (unpaired) electrons. The van der Waals surface area contributed by atoms with E-state index < -0.39 is 6.04 Å². The van der Waals surface area contributed by atoms with Crippen LogP contribution in [0.2, 0.25) is 0 Å². The maximum atomic E-state index is 13.4. The zero-order valence-electron chi connectivity index (χ0n) is 33.4. The molecule has 5 amide bonds. The summed E-state index contributed by atoms with van der Waals surface area (Å²) in [6.45, 7) is 5.90. The number of fused-ring (bicyclic) bond motifs is 1. The third kappa shape index (κ3) is 10.8. The molecule has 11 nitrogen and oxygen atoms in total. The Kier molecular flexibility index (Phi) is 14.4. The van der Waals surface area contributed by atoms with Crippen molar-refractivity contribution in [1.29, 1.82) is 0 Å². The minimum Gasteiger partial charge on any atom is -0.353 e. The van der Waals surface area contributed by atoms with Gasteiger partial charge in [0.1, 0.15) is 6.04 Å². The number of nitrogens with one attached hydrogen (secondary N) is 2. The minimum atomic E-state index is -0.591. The summed E-state index contributed by atoms with van der Waals surface area (Å²) in [6.07, 6.45) is 17.0. The molecule has 0 saturated carbocycles. The summed E-state index contributed by atoms with van der Waals surface area (Å²) in [6, 6.07) is 17.5. The Morgan fingerprint density at radius 3 is 2.45 bits per heavy atom. The third-order valence-electron chi connectivity index (χ3n) is 12.2. The first-order valence-corrected chi connectivity index (χ1v) is 22.2. The number of rotatable bonds is 16. The molecule has 2 N–H and O–H groups in total. The van der Waals surface area contributed by atoms with Crippen molar-refractivity contribution >= 4 is 47.4 Å². The number of imide groups is 1. The van der Waals surface area contributed by atoms with E-state index in [1.165, 1.54) is 5.56 Å². The van der Waals surface area contributed by atoms with Gasteiger partial charge in [0.05, 0.1) is 5.56 Å². The molecule has 1 aromatic heterocycles. The standard InChI is InChI=1S/C46H56N6O5S/c53-41(17-11-34-8-6-23-47-31-34)48-24-2-1-7-33-19-28-51(29-20-33)45(56)37-14-12-35(13-15-37)36-21-26-50(27-22-36)25-3-4-30-58-40-10-5-9-38-32-52(46(57)43(38)40)39-16-18-42(54)49-44(39)55/h5-6,8-15,17,23,31,33,36,39H,1-4,7,16,18-22,24-30,32H2,(H,48,53)(H,49,54,55)/b17-11+. The lowest BCUT2D eigenvalue weighted by atomic mass is 9.88. The number of pyridine rings is 1. The van der Waals surface area contributed by atoms with Crippen LogP contribution in [0.15, 0.2) is 78.0 Å². The molecule has 2 aromatic carbocycles. The van der Waals surface area contributed by atoms with Crippen molar-refractivity contribution in [3.8, 4) is 0 Å². The molecule has 4 aliphatic rings. The number of likely N-dealkylation sites (tertiary alicyclic amines) is 2. The first-order valence-electron chi connectivity index (χ1n) is 21.2. The number of carbonyl (C=O) groups is 5. The molecule has 1 atom stereocenters. The molecule has 0 bridgehead atoms. The van der Waals surface area contributed by atoms with Gasteiger partial charge in [-0.05, 0) is 136 Å². The number of piperidine rings is 3. The van der Waals surface area contributed by atoms with E-state index in [1.807, 2.05) is 47.4 Å². The molecule has 3 saturated heterocycles. The second-order valence-electron chi connectivity index (χ2n) is 16.1. The van der Waals surface area contributed by atoms with Crippen molar-refractivity contribution in [2.24, 2.45) is 5.92 Å². The molecule has 1 unspecified atom stereocenters. The Hall–Kier alpha value is -4.81. The van der Waals surface area contributed by atoms with Crippen molar-refractivity contribution in [3.05, 3.63) is 101 Å². The maximum Gasteiger partial charge on any atom is 0.256 e. The zero-order chi connectivity index (χ0) is 40.3. The van der Waals surface area contributed by atoms with Gasteiger partial charge in [-0.1, -0.05) is 43.2 Å². The van der Waals surface area contributed by atoms with Crippen molar-refractivity contribution in [3.63, 3.8) is 0 Å². The van der Waals surface area contributed by atoms with Gasteiger partial charge in [0.15, 0.2) is 0 Å². The first-order chi connectivity index (χ1) is 28.3. The summed E-state index contributed by atoms with van der Waals surface area (Å²) in [5.41, 5.74) is 4.68. The predicted octanol–water partition coefficient (Wildman–Crippen LogP) is 6.45. The van der Waals surface area contributed by atoms with E-state index in [1.54, 1.807) is 41.2 Å². The lowest BCUT2D eigenvalue weighted by Gasteiger charge is -2.33. The molecule has 12 heteroatoms. The monoisotopic (exact) mass is 804 g/mol. The van der Waals surface area contributed by atoms with Crippen LogP contribution in [-0.2, 0) is 20.9 Å².